The summed E-state index contributed by atoms with van der Waals surface area (Å²) in [6, 6.07) is 9.95. The molecule has 0 heterocycles. The van der Waals surface area contributed by atoms with Gasteiger partial charge in [-0.2, -0.15) is 0 Å². The average molecular weight is 355 g/mol. The van der Waals surface area contributed by atoms with Gasteiger partial charge in [0.15, 0.2) is 0 Å². The Hall–Kier alpha value is -1.75. The van der Waals surface area contributed by atoms with E-state index in [-0.39, 0.29) is 18.1 Å². The first-order chi connectivity index (χ1) is 9.95. The van der Waals surface area contributed by atoms with Gasteiger partial charge in [-0.3, -0.25) is 4.79 Å². The minimum atomic E-state index is -0.935. The van der Waals surface area contributed by atoms with Gasteiger partial charge < -0.3 is 5.11 Å². The monoisotopic (exact) mass is 354 g/mol. The van der Waals surface area contributed by atoms with E-state index in [1.165, 1.54) is 24.3 Å². The summed E-state index contributed by atoms with van der Waals surface area (Å²) in [6.07, 6.45) is 0.563. The maximum Gasteiger partial charge on any atom is 0.307 e. The highest BCUT2D eigenvalue weighted by molar-refractivity contribution is 9.10. The lowest BCUT2D eigenvalue weighted by Gasteiger charge is -2.14. The van der Waals surface area contributed by atoms with Gasteiger partial charge in [-0.1, -0.05) is 34.1 Å². The zero-order valence-corrected chi connectivity index (χ0v) is 12.6. The SMILES string of the molecule is O=C(O)C(Cc1ccc(F)cc1)Cc1ccc(F)cc1Br. The highest BCUT2D eigenvalue weighted by Crippen LogP contribution is 2.23. The fourth-order valence-electron chi connectivity index (χ4n) is 2.10. The molecule has 110 valence electrons. The van der Waals surface area contributed by atoms with E-state index in [0.29, 0.717) is 10.9 Å². The number of carbonyl (C=O) groups is 1. The van der Waals surface area contributed by atoms with Crippen molar-refractivity contribution < 1.29 is 18.7 Å². The lowest BCUT2D eigenvalue weighted by Crippen LogP contribution is -2.19. The molecule has 0 saturated heterocycles. The van der Waals surface area contributed by atoms with E-state index in [2.05, 4.69) is 15.9 Å². The maximum atomic E-state index is 13.0. The highest BCUT2D eigenvalue weighted by Gasteiger charge is 2.20. The Morgan fingerprint density at radius 3 is 2.24 bits per heavy atom. The highest BCUT2D eigenvalue weighted by atomic mass is 79.9. The molecule has 0 radical (unpaired) electrons. The summed E-state index contributed by atoms with van der Waals surface area (Å²) in [4.78, 5) is 11.4. The third kappa shape index (κ3) is 4.36. The minimum Gasteiger partial charge on any atom is -0.481 e. The normalized spacial score (nSPS) is 12.1. The van der Waals surface area contributed by atoms with Crippen LogP contribution in [0.4, 0.5) is 8.78 Å². The topological polar surface area (TPSA) is 37.3 Å². The van der Waals surface area contributed by atoms with Crippen molar-refractivity contribution >= 4 is 21.9 Å². The number of rotatable bonds is 5. The van der Waals surface area contributed by atoms with E-state index >= 15 is 0 Å². The number of aliphatic carboxylic acids is 1. The molecule has 2 nitrogen and oxygen atoms in total. The first kappa shape index (κ1) is 15.6. The van der Waals surface area contributed by atoms with Crippen LogP contribution in [0.15, 0.2) is 46.9 Å². The third-order valence-electron chi connectivity index (χ3n) is 3.23. The van der Waals surface area contributed by atoms with E-state index in [1.54, 1.807) is 18.2 Å². The summed E-state index contributed by atoms with van der Waals surface area (Å²) in [7, 11) is 0. The summed E-state index contributed by atoms with van der Waals surface area (Å²) < 4.78 is 26.5. The predicted octanol–water partition coefficient (Wildman–Crippen LogP) is 4.21. The van der Waals surface area contributed by atoms with Crippen LogP contribution < -0.4 is 0 Å². The molecule has 0 aliphatic carbocycles. The number of carboxylic acids is 1. The molecule has 0 saturated carbocycles. The molecule has 0 fully saturated rings. The summed E-state index contributed by atoms with van der Waals surface area (Å²) >= 11 is 3.24. The van der Waals surface area contributed by atoms with Crippen molar-refractivity contribution in [1.29, 1.82) is 0 Å². The smallest absolute Gasteiger partial charge is 0.307 e. The molecule has 5 heteroatoms. The number of hydrogen-bond donors (Lipinski definition) is 1. The van der Waals surface area contributed by atoms with Gasteiger partial charge in [0.25, 0.3) is 0 Å². The third-order valence-corrected chi connectivity index (χ3v) is 3.96. The van der Waals surface area contributed by atoms with Crippen molar-refractivity contribution in [3.63, 3.8) is 0 Å². The molecule has 0 amide bonds. The van der Waals surface area contributed by atoms with Crippen molar-refractivity contribution in [3.05, 3.63) is 69.7 Å². The summed E-state index contributed by atoms with van der Waals surface area (Å²) in [5, 5.41) is 9.33. The maximum absolute atomic E-state index is 13.0. The molecule has 21 heavy (non-hydrogen) atoms. The molecule has 1 atom stereocenters. The van der Waals surface area contributed by atoms with Crippen LogP contribution >= 0.6 is 15.9 Å². The molecule has 1 unspecified atom stereocenters. The second-order valence-corrected chi connectivity index (χ2v) is 5.66. The summed E-state index contributed by atoms with van der Waals surface area (Å²) in [6.45, 7) is 0. The lowest BCUT2D eigenvalue weighted by atomic mass is 9.92. The number of halogens is 3. The molecule has 2 aromatic rings. The van der Waals surface area contributed by atoms with Gasteiger partial charge in [0, 0.05) is 4.47 Å². The van der Waals surface area contributed by atoms with Crippen LogP contribution in [0.1, 0.15) is 11.1 Å². The van der Waals surface area contributed by atoms with Gasteiger partial charge in [-0.25, -0.2) is 8.78 Å². The molecular weight excluding hydrogens is 342 g/mol. The van der Waals surface area contributed by atoms with Crippen LogP contribution in [0.25, 0.3) is 0 Å². The second kappa shape index (κ2) is 6.80. The van der Waals surface area contributed by atoms with Crippen LogP contribution in [0.5, 0.6) is 0 Å². The average Bonchev–Trinajstić information content (AvgIpc) is 2.43. The van der Waals surface area contributed by atoms with Crippen LogP contribution in [0.2, 0.25) is 0 Å². The Kier molecular flexibility index (Phi) is 5.07. The van der Waals surface area contributed by atoms with Crippen molar-refractivity contribution in [2.45, 2.75) is 12.8 Å². The van der Waals surface area contributed by atoms with Crippen LogP contribution in [-0.2, 0) is 17.6 Å². The fraction of sp³-hybridized carbons (Fsp3) is 0.188. The van der Waals surface area contributed by atoms with Gasteiger partial charge in [0.05, 0.1) is 5.92 Å². The number of benzene rings is 2. The van der Waals surface area contributed by atoms with Crippen molar-refractivity contribution in [2.24, 2.45) is 5.92 Å². The Morgan fingerprint density at radius 2 is 1.67 bits per heavy atom. The van der Waals surface area contributed by atoms with Gasteiger partial charge >= 0.3 is 5.97 Å². The zero-order valence-electron chi connectivity index (χ0n) is 11.0. The van der Waals surface area contributed by atoms with Crippen LogP contribution in [0, 0.1) is 17.6 Å². The Balaban J connectivity index is 2.15. The Labute approximate surface area is 129 Å². The standard InChI is InChI=1S/C16H13BrF2O2/c17-15-9-14(19)6-3-11(15)8-12(16(20)21)7-10-1-4-13(18)5-2-10/h1-6,9,12H,7-8H2,(H,20,21). The molecule has 0 aromatic heterocycles. The molecule has 0 aliphatic heterocycles. The van der Waals surface area contributed by atoms with Crippen molar-refractivity contribution in [3.8, 4) is 0 Å². The minimum absolute atomic E-state index is 0.271. The fourth-order valence-corrected chi connectivity index (χ4v) is 2.62. The Bertz CT molecular complexity index is 641. The number of carboxylic acid groups (broad SMARTS) is 1. The van der Waals surface area contributed by atoms with Crippen molar-refractivity contribution in [1.82, 2.24) is 0 Å². The van der Waals surface area contributed by atoms with Crippen LogP contribution in [-0.4, -0.2) is 11.1 Å². The summed E-state index contributed by atoms with van der Waals surface area (Å²) in [5.41, 5.74) is 1.48. The quantitative estimate of drug-likeness (QED) is 0.872. The molecule has 2 rings (SSSR count). The van der Waals surface area contributed by atoms with Crippen molar-refractivity contribution in [2.75, 3.05) is 0 Å². The van der Waals surface area contributed by atoms with E-state index in [4.69, 9.17) is 0 Å². The van der Waals surface area contributed by atoms with Gasteiger partial charge in [0.1, 0.15) is 11.6 Å². The van der Waals surface area contributed by atoms with E-state index in [0.717, 1.165) is 11.1 Å². The summed E-state index contributed by atoms with van der Waals surface area (Å²) in [5.74, 6) is -2.32. The lowest BCUT2D eigenvalue weighted by molar-refractivity contribution is -0.141. The molecular formula is C16H13BrF2O2. The van der Waals surface area contributed by atoms with Gasteiger partial charge in [-0.15, -0.1) is 0 Å². The van der Waals surface area contributed by atoms with E-state index in [9.17, 15) is 18.7 Å². The molecule has 0 bridgehead atoms. The van der Waals surface area contributed by atoms with E-state index in [1.807, 2.05) is 0 Å². The number of hydrogen-bond acceptors (Lipinski definition) is 1. The largest absolute Gasteiger partial charge is 0.481 e. The first-order valence-corrected chi connectivity index (χ1v) is 7.16. The van der Waals surface area contributed by atoms with Gasteiger partial charge in [0.2, 0.25) is 0 Å². The van der Waals surface area contributed by atoms with Crippen LogP contribution in [0.3, 0.4) is 0 Å². The molecule has 2 aromatic carbocycles. The molecule has 1 N–H and O–H groups in total. The molecule has 0 spiro atoms. The van der Waals surface area contributed by atoms with E-state index < -0.39 is 11.9 Å². The zero-order chi connectivity index (χ0) is 15.4. The van der Waals surface area contributed by atoms with Gasteiger partial charge in [-0.05, 0) is 48.2 Å². The predicted molar refractivity (Wildman–Crippen MR) is 79.0 cm³/mol. The first-order valence-electron chi connectivity index (χ1n) is 6.37. The second-order valence-electron chi connectivity index (χ2n) is 4.81. The Morgan fingerprint density at radius 1 is 1.05 bits per heavy atom. The molecule has 0 aliphatic rings.